The van der Waals surface area contributed by atoms with Gasteiger partial charge in [0.2, 0.25) is 0 Å². The molecular weight excluding hydrogens is 742 g/mol. The van der Waals surface area contributed by atoms with Crippen LogP contribution in [0, 0.1) is 0 Å². The fourth-order valence-corrected chi connectivity index (χ4v) is 6.03. The molecule has 0 radical (unpaired) electrons. The Balaban J connectivity index is 0.000000757. The van der Waals surface area contributed by atoms with E-state index in [9.17, 15) is 27.6 Å². The molecule has 0 spiro atoms. The van der Waals surface area contributed by atoms with Crippen LogP contribution >= 0.6 is 11.3 Å². The highest BCUT2D eigenvalue weighted by atomic mass is 32.1. The molecule has 3 amide bonds. The lowest BCUT2D eigenvalue weighted by atomic mass is 10.1. The van der Waals surface area contributed by atoms with Crippen molar-refractivity contribution in [3.05, 3.63) is 100 Å². The van der Waals surface area contributed by atoms with E-state index in [4.69, 9.17) is 25.1 Å². The van der Waals surface area contributed by atoms with Crippen molar-refractivity contribution >= 4 is 46.4 Å². The molecule has 1 aliphatic carbocycles. The second-order valence-corrected chi connectivity index (χ2v) is 13.6. The molecule has 292 valence electrons. The number of carboxylic acids is 1. The van der Waals surface area contributed by atoms with Crippen molar-refractivity contribution < 1.29 is 46.9 Å². The molecule has 2 heterocycles. The fourth-order valence-electron chi connectivity index (χ4n) is 5.46. The molecule has 6 rings (SSSR count). The van der Waals surface area contributed by atoms with Crippen LogP contribution in [0.4, 0.5) is 24.5 Å². The van der Waals surface area contributed by atoms with Crippen molar-refractivity contribution in [1.82, 2.24) is 15.2 Å². The monoisotopic (exact) mass is 782 g/mol. The minimum absolute atomic E-state index is 0.0449. The van der Waals surface area contributed by atoms with E-state index in [1.807, 2.05) is 52.2 Å². The van der Waals surface area contributed by atoms with Crippen LogP contribution in [0.1, 0.15) is 57.7 Å². The van der Waals surface area contributed by atoms with E-state index in [2.05, 4.69) is 20.9 Å². The summed E-state index contributed by atoms with van der Waals surface area (Å²) in [5.41, 5.74) is 12.2. The molecule has 1 saturated carbocycles. The van der Waals surface area contributed by atoms with E-state index in [-0.39, 0.29) is 36.4 Å². The van der Waals surface area contributed by atoms with Crippen molar-refractivity contribution in [2.24, 2.45) is 5.73 Å². The van der Waals surface area contributed by atoms with Crippen LogP contribution in [0.5, 0.6) is 11.5 Å². The van der Waals surface area contributed by atoms with Gasteiger partial charge in [0.1, 0.15) is 11.5 Å². The topological polar surface area (TPSA) is 185 Å². The second kappa shape index (κ2) is 19.2. The molecule has 3 aromatic carbocycles. The van der Waals surface area contributed by atoms with E-state index in [0.717, 1.165) is 56.5 Å². The number of unbranched alkanes of at least 4 members (excludes halogenated alkanes) is 1. The van der Waals surface area contributed by atoms with E-state index in [1.165, 1.54) is 0 Å². The molecular formula is C38H41F3N6O7S. The van der Waals surface area contributed by atoms with Crippen molar-refractivity contribution in [2.75, 3.05) is 36.9 Å². The number of halogens is 3. The molecule has 6 N–H and O–H groups in total. The lowest BCUT2D eigenvalue weighted by Crippen LogP contribution is -2.36. The first-order valence-electron chi connectivity index (χ1n) is 17.5. The number of hydrogen-bond donors (Lipinski definition) is 5. The number of nitrogens with one attached hydrogen (secondary N) is 3. The third-order valence-corrected chi connectivity index (χ3v) is 9.03. The number of anilines is 2. The van der Waals surface area contributed by atoms with Crippen LogP contribution in [-0.2, 0) is 22.6 Å². The number of fused-ring (bicyclic) bond motifs is 1. The summed E-state index contributed by atoms with van der Waals surface area (Å²) < 4.78 is 43.2. The van der Waals surface area contributed by atoms with Gasteiger partial charge in [0, 0.05) is 59.9 Å². The number of benzene rings is 3. The van der Waals surface area contributed by atoms with Gasteiger partial charge in [-0.25, -0.2) is 9.78 Å². The summed E-state index contributed by atoms with van der Waals surface area (Å²) in [7, 11) is 0. The highest BCUT2D eigenvalue weighted by Crippen LogP contribution is 2.33. The number of carbonyl (C=O) groups is 4. The Morgan fingerprint density at radius 1 is 1.07 bits per heavy atom. The van der Waals surface area contributed by atoms with Gasteiger partial charge in [-0.1, -0.05) is 18.2 Å². The predicted molar refractivity (Wildman–Crippen MR) is 199 cm³/mol. The summed E-state index contributed by atoms with van der Waals surface area (Å²) in [5.74, 6) is -2.10. The Labute approximate surface area is 319 Å². The molecule has 1 aromatic heterocycles. The van der Waals surface area contributed by atoms with Gasteiger partial charge in [-0.3, -0.25) is 14.4 Å². The molecule has 1 aliphatic heterocycles. The van der Waals surface area contributed by atoms with E-state index in [1.54, 1.807) is 41.7 Å². The number of carboxylic acid groups (broad SMARTS) is 1. The third-order valence-electron chi connectivity index (χ3n) is 8.39. The first-order chi connectivity index (χ1) is 26.4. The van der Waals surface area contributed by atoms with E-state index >= 15 is 0 Å². The minimum atomic E-state index is -5.08. The number of ether oxygens (including phenoxy) is 2. The number of hydrogen-bond acceptors (Lipinski definition) is 10. The number of aliphatic carboxylic acids is 1. The smallest absolute Gasteiger partial charge is 0.490 e. The third kappa shape index (κ3) is 12.8. The number of nitrogens with zero attached hydrogens (tertiary/aromatic N) is 2. The molecule has 1 atom stereocenters. The number of nitrogens with two attached hydrogens (primary N) is 1. The van der Waals surface area contributed by atoms with Crippen LogP contribution in [-0.4, -0.2) is 83.2 Å². The molecule has 13 nitrogen and oxygen atoms in total. The molecule has 0 unspecified atom stereocenters. The zero-order valence-corrected chi connectivity index (χ0v) is 30.5. The Hall–Kier alpha value is -5.52. The number of rotatable bonds is 16. The van der Waals surface area contributed by atoms with Crippen molar-refractivity contribution in [1.29, 1.82) is 0 Å². The molecule has 17 heteroatoms. The van der Waals surface area contributed by atoms with Crippen LogP contribution in [0.2, 0.25) is 0 Å². The first kappa shape index (κ1) is 40.7. The standard InChI is InChI=1S/C36H40N6O5S.C2HF3O2/c37-27(17-29-22-48-23-39-29)19-38-14-1-2-15-46-31-5-3-4-28(18-31)40-35(44)25-8-6-24(7-9-25)20-42(30-11-12-30)36(45)26-10-13-32-33(16-26)47-21-34(43)41-32;3-2(4,5)1(6)7/h3-10,13,16,18,22-23,27,30,38H,1-2,11-12,14-15,17,19-21,37H2,(H,40,44)(H,41,43);(H,6,7)/t27-;/m0./s1. The van der Waals surface area contributed by atoms with Crippen molar-refractivity contribution in [3.8, 4) is 11.5 Å². The Bertz CT molecular complexity index is 1920. The number of alkyl halides is 3. The number of thiazole rings is 1. The van der Waals surface area contributed by atoms with Gasteiger partial charge < -0.3 is 41.2 Å². The maximum Gasteiger partial charge on any atom is 0.490 e. The second-order valence-electron chi connectivity index (χ2n) is 12.9. The van der Waals surface area contributed by atoms with Gasteiger partial charge in [-0.15, -0.1) is 11.3 Å². The predicted octanol–water partition coefficient (Wildman–Crippen LogP) is 5.48. The average Bonchev–Trinajstić information content (AvgIpc) is 3.88. The van der Waals surface area contributed by atoms with E-state index < -0.39 is 12.1 Å². The summed E-state index contributed by atoms with van der Waals surface area (Å²) in [6, 6.07) is 20.0. The molecule has 1 fully saturated rings. The highest BCUT2D eigenvalue weighted by molar-refractivity contribution is 7.07. The number of aromatic nitrogens is 1. The average molecular weight is 783 g/mol. The molecule has 55 heavy (non-hydrogen) atoms. The Morgan fingerprint density at radius 3 is 2.51 bits per heavy atom. The van der Waals surface area contributed by atoms with Crippen LogP contribution in [0.25, 0.3) is 0 Å². The number of carbonyl (C=O) groups excluding carboxylic acids is 3. The van der Waals surface area contributed by atoms with Gasteiger partial charge in [-0.05, 0) is 80.3 Å². The SMILES string of the molecule is N[C@H](CNCCCCOc1cccc(NC(=O)c2ccc(CN(C(=O)c3ccc4c(c3)OCC(=O)N4)C3CC3)cc2)c1)Cc1cscn1.O=C(O)C(F)(F)F. The summed E-state index contributed by atoms with van der Waals surface area (Å²) in [6.45, 7) is 2.54. The van der Waals surface area contributed by atoms with Gasteiger partial charge in [0.05, 0.1) is 23.5 Å². The summed E-state index contributed by atoms with van der Waals surface area (Å²) in [6.07, 6.45) is -0.548. The quantitative estimate of drug-likeness (QED) is 0.0912. The van der Waals surface area contributed by atoms with Gasteiger partial charge in [0.25, 0.3) is 17.7 Å². The first-order valence-corrected chi connectivity index (χ1v) is 18.4. The maximum atomic E-state index is 13.5. The Morgan fingerprint density at radius 2 is 1.82 bits per heavy atom. The maximum absolute atomic E-state index is 13.5. The van der Waals surface area contributed by atoms with Crippen molar-refractivity contribution in [2.45, 2.75) is 56.9 Å². The summed E-state index contributed by atoms with van der Waals surface area (Å²) in [5, 5.41) is 18.3. The summed E-state index contributed by atoms with van der Waals surface area (Å²) >= 11 is 1.59. The zero-order chi connectivity index (χ0) is 39.4. The minimum Gasteiger partial charge on any atom is -0.494 e. The molecule has 4 aromatic rings. The summed E-state index contributed by atoms with van der Waals surface area (Å²) in [4.78, 5) is 53.1. The van der Waals surface area contributed by atoms with Crippen LogP contribution in [0.3, 0.4) is 0 Å². The number of amides is 3. The molecule has 0 bridgehead atoms. The lowest BCUT2D eigenvalue weighted by Gasteiger charge is -2.24. The van der Waals surface area contributed by atoms with E-state index in [0.29, 0.717) is 47.2 Å². The highest BCUT2D eigenvalue weighted by Gasteiger charge is 2.38. The Kier molecular flexibility index (Phi) is 14.2. The van der Waals surface area contributed by atoms with Gasteiger partial charge in [0.15, 0.2) is 6.61 Å². The van der Waals surface area contributed by atoms with Crippen LogP contribution in [0.15, 0.2) is 77.6 Å². The zero-order valence-electron chi connectivity index (χ0n) is 29.6. The fraction of sp³-hybridized carbons (Fsp3) is 0.342. The lowest BCUT2D eigenvalue weighted by molar-refractivity contribution is -0.192. The largest absolute Gasteiger partial charge is 0.494 e. The van der Waals surface area contributed by atoms with Crippen molar-refractivity contribution in [3.63, 3.8) is 0 Å². The normalized spacial score (nSPS) is 13.9. The van der Waals surface area contributed by atoms with Gasteiger partial charge >= 0.3 is 12.1 Å². The molecule has 0 saturated heterocycles. The van der Waals surface area contributed by atoms with Crippen LogP contribution < -0.4 is 31.2 Å². The molecule has 2 aliphatic rings. The van der Waals surface area contributed by atoms with Gasteiger partial charge in [-0.2, -0.15) is 13.2 Å².